The number of carbonyl (C=O) groups is 1. The van der Waals surface area contributed by atoms with Gasteiger partial charge in [-0.05, 0) is 24.3 Å². The maximum Gasteiger partial charge on any atom is 0.335 e. The first-order valence-corrected chi connectivity index (χ1v) is 6.37. The average Bonchev–Trinajstić information content (AvgIpc) is 2.34. The van der Waals surface area contributed by atoms with Gasteiger partial charge in [0, 0.05) is 11.0 Å². The minimum absolute atomic E-state index is 0.165. The van der Waals surface area contributed by atoms with Crippen molar-refractivity contribution in [3.63, 3.8) is 0 Å². The number of aliphatic hydroxyl groups excluding tert-OH is 1. The summed E-state index contributed by atoms with van der Waals surface area (Å²) in [5.41, 5.74) is 0.251. The molecule has 0 amide bonds. The first-order valence-electron chi connectivity index (χ1n) is 5.32. The summed E-state index contributed by atoms with van der Waals surface area (Å²) >= 11 is 1.63. The van der Waals surface area contributed by atoms with E-state index in [1.54, 1.807) is 23.9 Å². The Hall–Kier alpha value is -1.20. The van der Waals surface area contributed by atoms with Crippen molar-refractivity contribution in [1.82, 2.24) is 0 Å². The van der Waals surface area contributed by atoms with Crippen LogP contribution < -0.4 is 4.74 Å². The molecule has 4 nitrogen and oxygen atoms in total. The smallest absolute Gasteiger partial charge is 0.335 e. The molecule has 1 unspecified atom stereocenters. The Bertz CT molecular complexity index is 350. The van der Waals surface area contributed by atoms with E-state index in [4.69, 9.17) is 14.9 Å². The number of hydrogen-bond donors (Lipinski definition) is 2. The molecule has 0 saturated heterocycles. The Morgan fingerprint density at radius 1 is 1.41 bits per heavy atom. The lowest BCUT2D eigenvalue weighted by atomic mass is 10.2. The first kappa shape index (κ1) is 13.9. The fraction of sp³-hybridized carbons (Fsp3) is 0.417. The second kappa shape index (κ2) is 7.19. The molecule has 0 saturated carbocycles. The first-order chi connectivity index (χ1) is 8.13. The molecular formula is C12H16O4S. The third kappa shape index (κ3) is 5.10. The van der Waals surface area contributed by atoms with Crippen LogP contribution in [0.3, 0.4) is 0 Å². The quantitative estimate of drug-likeness (QED) is 0.729. The van der Waals surface area contributed by atoms with Gasteiger partial charge in [0.1, 0.15) is 5.75 Å². The lowest BCUT2D eigenvalue weighted by Crippen LogP contribution is -2.07. The van der Waals surface area contributed by atoms with Gasteiger partial charge in [0.15, 0.2) is 0 Å². The molecule has 0 aliphatic carbocycles. The predicted octanol–water partition coefficient (Wildman–Crippen LogP) is 1.88. The van der Waals surface area contributed by atoms with Gasteiger partial charge in [0.2, 0.25) is 0 Å². The lowest BCUT2D eigenvalue weighted by molar-refractivity contribution is 0.0697. The molecule has 1 aromatic rings. The molecule has 94 valence electrons. The number of aromatic carboxylic acids is 1. The third-order valence-corrected chi connectivity index (χ3v) is 3.23. The Morgan fingerprint density at radius 2 is 2.06 bits per heavy atom. The molecule has 0 heterocycles. The fourth-order valence-corrected chi connectivity index (χ4v) is 1.84. The van der Waals surface area contributed by atoms with Crippen LogP contribution >= 0.6 is 11.8 Å². The van der Waals surface area contributed by atoms with Crippen molar-refractivity contribution in [3.8, 4) is 5.75 Å². The number of carboxylic acid groups (broad SMARTS) is 1. The summed E-state index contributed by atoms with van der Waals surface area (Å²) in [5, 5.41) is 17.7. The van der Waals surface area contributed by atoms with Crippen molar-refractivity contribution in [1.29, 1.82) is 0 Å². The minimum Gasteiger partial charge on any atom is -0.493 e. The molecule has 0 aliphatic heterocycles. The summed E-state index contributed by atoms with van der Waals surface area (Å²) < 4.78 is 5.44. The molecule has 0 aromatic heterocycles. The summed E-state index contributed by atoms with van der Waals surface area (Å²) in [6.45, 7) is 2.66. The van der Waals surface area contributed by atoms with E-state index < -0.39 is 5.97 Å². The third-order valence-electron chi connectivity index (χ3n) is 2.11. The van der Waals surface area contributed by atoms with Crippen LogP contribution in [0.1, 0.15) is 17.3 Å². The Balaban J connectivity index is 2.30. The number of benzene rings is 1. The highest BCUT2D eigenvalue weighted by atomic mass is 32.2. The largest absolute Gasteiger partial charge is 0.493 e. The van der Waals surface area contributed by atoms with Gasteiger partial charge in [-0.15, -0.1) is 0 Å². The van der Waals surface area contributed by atoms with E-state index in [-0.39, 0.29) is 17.4 Å². The van der Waals surface area contributed by atoms with E-state index in [2.05, 4.69) is 0 Å². The molecule has 2 N–H and O–H groups in total. The molecule has 0 spiro atoms. The topological polar surface area (TPSA) is 66.8 Å². The zero-order valence-electron chi connectivity index (χ0n) is 9.63. The molecule has 0 bridgehead atoms. The molecule has 0 radical (unpaired) electrons. The van der Waals surface area contributed by atoms with Crippen molar-refractivity contribution in [2.24, 2.45) is 0 Å². The van der Waals surface area contributed by atoms with Crippen LogP contribution in [0.2, 0.25) is 0 Å². The van der Waals surface area contributed by atoms with Gasteiger partial charge < -0.3 is 14.9 Å². The van der Waals surface area contributed by atoms with Crippen LogP contribution in [0.25, 0.3) is 0 Å². The highest BCUT2D eigenvalue weighted by Gasteiger charge is 2.03. The zero-order valence-corrected chi connectivity index (χ0v) is 10.4. The van der Waals surface area contributed by atoms with Gasteiger partial charge in [-0.3, -0.25) is 0 Å². The van der Waals surface area contributed by atoms with Crippen molar-refractivity contribution < 1.29 is 19.7 Å². The molecular weight excluding hydrogens is 240 g/mol. The Kier molecular flexibility index (Phi) is 5.86. The standard InChI is InChI=1S/C12H16O4S/c1-9(8-13)17-7-6-16-11-4-2-10(3-5-11)12(14)15/h2-5,9,13H,6-8H2,1H3,(H,14,15). The van der Waals surface area contributed by atoms with Gasteiger partial charge in [0.05, 0.1) is 18.8 Å². The van der Waals surface area contributed by atoms with E-state index in [1.165, 1.54) is 12.1 Å². The Labute approximate surface area is 105 Å². The number of thioether (sulfide) groups is 1. The van der Waals surface area contributed by atoms with Crippen LogP contribution in [0, 0.1) is 0 Å². The van der Waals surface area contributed by atoms with Crippen molar-refractivity contribution in [2.75, 3.05) is 19.0 Å². The van der Waals surface area contributed by atoms with Crippen LogP contribution in [0.5, 0.6) is 5.75 Å². The highest BCUT2D eigenvalue weighted by Crippen LogP contribution is 2.14. The molecule has 5 heteroatoms. The van der Waals surface area contributed by atoms with Crippen LogP contribution in [-0.4, -0.2) is 40.4 Å². The molecule has 1 aromatic carbocycles. The van der Waals surface area contributed by atoms with Gasteiger partial charge in [-0.1, -0.05) is 6.92 Å². The zero-order chi connectivity index (χ0) is 12.7. The van der Waals surface area contributed by atoms with E-state index in [0.717, 1.165) is 5.75 Å². The molecule has 0 aliphatic rings. The van der Waals surface area contributed by atoms with Crippen molar-refractivity contribution >= 4 is 17.7 Å². The molecule has 1 rings (SSSR count). The predicted molar refractivity (Wildman–Crippen MR) is 67.9 cm³/mol. The van der Waals surface area contributed by atoms with E-state index in [1.807, 2.05) is 6.92 Å². The Morgan fingerprint density at radius 3 is 2.59 bits per heavy atom. The van der Waals surface area contributed by atoms with E-state index >= 15 is 0 Å². The average molecular weight is 256 g/mol. The maximum absolute atomic E-state index is 10.6. The summed E-state index contributed by atoms with van der Waals surface area (Å²) in [4.78, 5) is 10.6. The molecule has 1 atom stereocenters. The van der Waals surface area contributed by atoms with Gasteiger partial charge in [-0.2, -0.15) is 11.8 Å². The van der Waals surface area contributed by atoms with Crippen molar-refractivity contribution in [3.05, 3.63) is 29.8 Å². The van der Waals surface area contributed by atoms with Gasteiger partial charge in [0.25, 0.3) is 0 Å². The number of ether oxygens (including phenoxy) is 1. The number of rotatable bonds is 7. The SMILES string of the molecule is CC(CO)SCCOc1ccc(C(=O)O)cc1. The maximum atomic E-state index is 10.6. The lowest BCUT2D eigenvalue weighted by Gasteiger charge is -2.09. The van der Waals surface area contributed by atoms with Crippen LogP contribution in [-0.2, 0) is 0 Å². The second-order valence-electron chi connectivity index (χ2n) is 3.54. The molecule has 0 fully saturated rings. The second-order valence-corrected chi connectivity index (χ2v) is 5.09. The van der Waals surface area contributed by atoms with Crippen molar-refractivity contribution in [2.45, 2.75) is 12.2 Å². The van der Waals surface area contributed by atoms with Crippen LogP contribution in [0.15, 0.2) is 24.3 Å². The van der Waals surface area contributed by atoms with Crippen LogP contribution in [0.4, 0.5) is 0 Å². The van der Waals surface area contributed by atoms with E-state index in [9.17, 15) is 4.79 Å². The monoisotopic (exact) mass is 256 g/mol. The summed E-state index contributed by atoms with van der Waals surface area (Å²) in [6.07, 6.45) is 0. The number of carboxylic acids is 1. The van der Waals surface area contributed by atoms with E-state index in [0.29, 0.717) is 12.4 Å². The summed E-state index contributed by atoms with van der Waals surface area (Å²) in [5.74, 6) is 0.513. The molecule has 17 heavy (non-hydrogen) atoms. The summed E-state index contributed by atoms with van der Waals surface area (Å²) in [7, 11) is 0. The summed E-state index contributed by atoms with van der Waals surface area (Å²) in [6, 6.07) is 6.31. The number of aliphatic hydroxyl groups is 1. The normalized spacial score (nSPS) is 12.1. The van der Waals surface area contributed by atoms with Gasteiger partial charge >= 0.3 is 5.97 Å². The van der Waals surface area contributed by atoms with Gasteiger partial charge in [-0.25, -0.2) is 4.79 Å². The highest BCUT2D eigenvalue weighted by molar-refractivity contribution is 7.99. The number of hydrogen-bond acceptors (Lipinski definition) is 4. The fourth-order valence-electron chi connectivity index (χ4n) is 1.16. The minimum atomic E-state index is -0.941.